The third-order valence-electron chi connectivity index (χ3n) is 5.31. The molecule has 0 aliphatic carbocycles. The lowest BCUT2D eigenvalue weighted by molar-refractivity contribution is -0.149. The van der Waals surface area contributed by atoms with Gasteiger partial charge in [-0.3, -0.25) is 14.5 Å². The molecule has 0 N–H and O–H groups in total. The third-order valence-corrected chi connectivity index (χ3v) is 5.31. The molecule has 2 aliphatic heterocycles. The van der Waals surface area contributed by atoms with Crippen LogP contribution in [-0.2, 0) is 20.9 Å². The molecule has 3 rings (SSSR count). The highest BCUT2D eigenvalue weighted by atomic mass is 16.5. The van der Waals surface area contributed by atoms with Gasteiger partial charge in [0.25, 0.3) is 0 Å². The lowest BCUT2D eigenvalue weighted by Crippen LogP contribution is -2.58. The van der Waals surface area contributed by atoms with E-state index in [2.05, 4.69) is 24.0 Å². The Balaban J connectivity index is 1.66. The second-order valence-electron chi connectivity index (χ2n) is 7.33. The first kappa shape index (κ1) is 18.9. The van der Waals surface area contributed by atoms with E-state index in [1.807, 2.05) is 23.1 Å². The summed E-state index contributed by atoms with van der Waals surface area (Å²) in [5.41, 5.74) is 1.14. The van der Waals surface area contributed by atoms with Gasteiger partial charge in [0.1, 0.15) is 0 Å². The van der Waals surface area contributed by atoms with E-state index in [9.17, 15) is 9.59 Å². The lowest BCUT2D eigenvalue weighted by Gasteiger charge is -2.42. The second kappa shape index (κ2) is 8.64. The van der Waals surface area contributed by atoms with Crippen molar-refractivity contribution in [3.63, 3.8) is 0 Å². The van der Waals surface area contributed by atoms with E-state index in [-0.39, 0.29) is 23.8 Å². The first-order valence-corrected chi connectivity index (χ1v) is 9.44. The van der Waals surface area contributed by atoms with E-state index in [1.165, 1.54) is 0 Å². The van der Waals surface area contributed by atoms with Crippen molar-refractivity contribution in [3.8, 4) is 0 Å². The normalized spacial score (nSPS) is 19.7. The molecule has 2 saturated heterocycles. The Bertz CT molecular complexity index is 610. The largest absolute Gasteiger partial charge is 0.379 e. The predicted octanol–water partition coefficient (Wildman–Crippen LogP) is 1.21. The van der Waals surface area contributed by atoms with Gasteiger partial charge in [0.2, 0.25) is 11.8 Å². The van der Waals surface area contributed by atoms with Gasteiger partial charge in [-0.1, -0.05) is 30.3 Å². The van der Waals surface area contributed by atoms with Crippen LogP contribution in [0.4, 0.5) is 0 Å². The topological polar surface area (TPSA) is 53.1 Å². The zero-order valence-corrected chi connectivity index (χ0v) is 15.8. The summed E-state index contributed by atoms with van der Waals surface area (Å²) in [5, 5.41) is 0. The molecule has 2 heterocycles. The molecule has 2 amide bonds. The fourth-order valence-corrected chi connectivity index (χ4v) is 3.61. The SMILES string of the molecule is CC(=O)N1CC(C(=O)N(Cc2ccccc2)C(C)CN2CCOCC2)C1. The van der Waals surface area contributed by atoms with Gasteiger partial charge in [0, 0.05) is 52.2 Å². The summed E-state index contributed by atoms with van der Waals surface area (Å²) in [5.74, 6) is 0.131. The van der Waals surface area contributed by atoms with Gasteiger partial charge in [-0.25, -0.2) is 0 Å². The summed E-state index contributed by atoms with van der Waals surface area (Å²) < 4.78 is 5.42. The molecule has 0 saturated carbocycles. The minimum Gasteiger partial charge on any atom is -0.379 e. The van der Waals surface area contributed by atoms with Gasteiger partial charge in [-0.05, 0) is 12.5 Å². The maximum Gasteiger partial charge on any atom is 0.229 e. The molecule has 6 nitrogen and oxygen atoms in total. The number of rotatable bonds is 6. The quantitative estimate of drug-likeness (QED) is 0.766. The lowest BCUT2D eigenvalue weighted by atomic mass is 9.97. The van der Waals surface area contributed by atoms with Crippen molar-refractivity contribution in [2.75, 3.05) is 45.9 Å². The molecule has 6 heteroatoms. The number of hydrogen-bond donors (Lipinski definition) is 0. The minimum atomic E-state index is -0.0743. The van der Waals surface area contributed by atoms with Crippen LogP contribution in [-0.4, -0.2) is 78.5 Å². The van der Waals surface area contributed by atoms with Gasteiger partial charge >= 0.3 is 0 Å². The summed E-state index contributed by atoms with van der Waals surface area (Å²) in [4.78, 5) is 30.6. The number of amides is 2. The van der Waals surface area contributed by atoms with E-state index in [0.29, 0.717) is 19.6 Å². The summed E-state index contributed by atoms with van der Waals surface area (Å²) in [7, 11) is 0. The molecule has 0 spiro atoms. The van der Waals surface area contributed by atoms with Crippen molar-refractivity contribution in [1.29, 1.82) is 0 Å². The number of benzene rings is 1. The maximum absolute atomic E-state index is 13.1. The summed E-state index contributed by atoms with van der Waals surface area (Å²) in [6, 6.07) is 10.2. The van der Waals surface area contributed by atoms with Crippen molar-refractivity contribution in [1.82, 2.24) is 14.7 Å². The first-order valence-electron chi connectivity index (χ1n) is 9.44. The number of ether oxygens (including phenoxy) is 1. The van der Waals surface area contributed by atoms with Crippen LogP contribution in [0.1, 0.15) is 19.4 Å². The molecule has 26 heavy (non-hydrogen) atoms. The van der Waals surface area contributed by atoms with Crippen LogP contribution < -0.4 is 0 Å². The molecule has 2 fully saturated rings. The molecule has 1 unspecified atom stereocenters. The summed E-state index contributed by atoms with van der Waals surface area (Å²) >= 11 is 0. The standard InChI is InChI=1S/C20H29N3O3/c1-16(12-21-8-10-26-11-9-21)23(13-18-6-4-3-5-7-18)20(25)19-14-22(15-19)17(2)24/h3-7,16,19H,8-15H2,1-2H3. The molecule has 1 atom stereocenters. The molecule has 1 aromatic carbocycles. The second-order valence-corrected chi connectivity index (χ2v) is 7.33. The van der Waals surface area contributed by atoms with Gasteiger partial charge in [0.05, 0.1) is 19.1 Å². The Morgan fingerprint density at radius 1 is 1.19 bits per heavy atom. The fourth-order valence-electron chi connectivity index (χ4n) is 3.61. The average molecular weight is 359 g/mol. The Kier molecular flexibility index (Phi) is 6.27. The fraction of sp³-hybridized carbons (Fsp3) is 0.600. The Morgan fingerprint density at radius 3 is 2.46 bits per heavy atom. The van der Waals surface area contributed by atoms with Gasteiger partial charge in [0.15, 0.2) is 0 Å². The predicted molar refractivity (Wildman–Crippen MR) is 99.5 cm³/mol. The van der Waals surface area contributed by atoms with Crippen LogP contribution in [0.5, 0.6) is 0 Å². The summed E-state index contributed by atoms with van der Waals surface area (Å²) in [6.45, 7) is 9.59. The van der Waals surface area contributed by atoms with Crippen LogP contribution in [0.25, 0.3) is 0 Å². The number of hydrogen-bond acceptors (Lipinski definition) is 4. The van der Waals surface area contributed by atoms with Gasteiger partial charge in [-0.2, -0.15) is 0 Å². The van der Waals surface area contributed by atoms with E-state index < -0.39 is 0 Å². The van der Waals surface area contributed by atoms with Crippen molar-refractivity contribution in [2.45, 2.75) is 26.4 Å². The molecule has 0 bridgehead atoms. The van der Waals surface area contributed by atoms with Crippen LogP contribution in [0.3, 0.4) is 0 Å². The van der Waals surface area contributed by atoms with Crippen molar-refractivity contribution < 1.29 is 14.3 Å². The van der Waals surface area contributed by atoms with Gasteiger partial charge < -0.3 is 14.5 Å². The first-order chi connectivity index (χ1) is 12.5. The summed E-state index contributed by atoms with van der Waals surface area (Å²) in [6.07, 6.45) is 0. The molecule has 0 radical (unpaired) electrons. The number of carbonyl (C=O) groups is 2. The third kappa shape index (κ3) is 4.62. The van der Waals surface area contributed by atoms with E-state index in [4.69, 9.17) is 4.74 Å². The number of likely N-dealkylation sites (tertiary alicyclic amines) is 1. The van der Waals surface area contributed by atoms with E-state index >= 15 is 0 Å². The van der Waals surface area contributed by atoms with Crippen molar-refractivity contribution in [2.24, 2.45) is 5.92 Å². The van der Waals surface area contributed by atoms with Crippen LogP contribution in [0, 0.1) is 5.92 Å². The highest BCUT2D eigenvalue weighted by Gasteiger charge is 2.38. The molecular weight excluding hydrogens is 330 g/mol. The minimum absolute atomic E-state index is 0.0463. The Labute approximate surface area is 155 Å². The van der Waals surface area contributed by atoms with Crippen LogP contribution >= 0.6 is 0 Å². The maximum atomic E-state index is 13.1. The van der Waals surface area contributed by atoms with Crippen LogP contribution in [0.15, 0.2) is 30.3 Å². The smallest absolute Gasteiger partial charge is 0.229 e. The molecule has 1 aromatic rings. The number of morpholine rings is 1. The monoisotopic (exact) mass is 359 g/mol. The zero-order valence-electron chi connectivity index (χ0n) is 15.8. The zero-order chi connectivity index (χ0) is 18.5. The number of nitrogens with zero attached hydrogens (tertiary/aromatic N) is 3. The highest BCUT2D eigenvalue weighted by Crippen LogP contribution is 2.21. The van der Waals surface area contributed by atoms with Crippen molar-refractivity contribution >= 4 is 11.8 Å². The van der Waals surface area contributed by atoms with E-state index in [1.54, 1.807) is 11.8 Å². The number of carbonyl (C=O) groups excluding carboxylic acids is 2. The van der Waals surface area contributed by atoms with E-state index in [0.717, 1.165) is 38.4 Å². The Morgan fingerprint density at radius 2 is 1.85 bits per heavy atom. The van der Waals surface area contributed by atoms with Gasteiger partial charge in [-0.15, -0.1) is 0 Å². The molecule has 2 aliphatic rings. The molecule has 142 valence electrons. The molecular formula is C20H29N3O3. The Hall–Kier alpha value is -1.92. The molecule has 0 aromatic heterocycles. The van der Waals surface area contributed by atoms with Crippen molar-refractivity contribution in [3.05, 3.63) is 35.9 Å². The van der Waals surface area contributed by atoms with Crippen LogP contribution in [0.2, 0.25) is 0 Å². The average Bonchev–Trinajstić information content (AvgIpc) is 2.59. The highest BCUT2D eigenvalue weighted by molar-refractivity contribution is 5.84.